The number of nitrogens with two attached hydrogens (primary N) is 1. The number of hydrogen-bond donors (Lipinski definition) is 2. The second-order valence-corrected chi connectivity index (χ2v) is 2.74. The molecule has 66 valence electrons. The number of nitrogens with one attached hydrogen (secondary N) is 1. The van der Waals surface area contributed by atoms with Gasteiger partial charge >= 0.3 is 0 Å². The molecule has 2 atom stereocenters. The lowest BCUT2D eigenvalue weighted by atomic mass is 10.3. The second-order valence-electron chi connectivity index (χ2n) is 1.98. The molecule has 0 heterocycles. The van der Waals surface area contributed by atoms with Crippen molar-refractivity contribution in [1.29, 1.82) is 0 Å². The number of alkyl halides is 1. The van der Waals surface area contributed by atoms with E-state index in [2.05, 4.69) is 39.6 Å². The molecule has 0 aliphatic heterocycles. The van der Waals surface area contributed by atoms with Crippen LogP contribution >= 0.6 is 22.6 Å². The van der Waals surface area contributed by atoms with Crippen LogP contribution in [0.2, 0.25) is 0 Å². The standard InChI is InChI=1S/C6H14IN3O/c1-9-5(3-8)6(11-2)10-4-7/h5-6,10H,1,3-4,8H2,2H3. The molecule has 0 amide bonds. The summed E-state index contributed by atoms with van der Waals surface area (Å²) in [6, 6.07) is -0.0604. The smallest absolute Gasteiger partial charge is 0.132 e. The predicted octanol–water partition coefficient (Wildman–Crippen LogP) is -0.0311. The molecule has 5 heteroatoms. The Hall–Kier alpha value is 0.280. The molecule has 0 saturated carbocycles. The van der Waals surface area contributed by atoms with Crippen LogP contribution in [0.5, 0.6) is 0 Å². The Morgan fingerprint density at radius 2 is 2.45 bits per heavy atom. The Bertz CT molecular complexity index is 112. The molecule has 0 aliphatic carbocycles. The van der Waals surface area contributed by atoms with Gasteiger partial charge in [-0.2, -0.15) is 0 Å². The van der Waals surface area contributed by atoms with Gasteiger partial charge in [-0.3, -0.25) is 10.3 Å². The number of hydrogen-bond acceptors (Lipinski definition) is 4. The van der Waals surface area contributed by atoms with Crippen molar-refractivity contribution in [2.24, 2.45) is 10.7 Å². The van der Waals surface area contributed by atoms with Gasteiger partial charge in [0.05, 0.1) is 4.55 Å². The SMILES string of the molecule is C=NC(CN)C(NCI)OC. The van der Waals surface area contributed by atoms with Gasteiger partial charge in [0.25, 0.3) is 0 Å². The Morgan fingerprint density at radius 3 is 2.73 bits per heavy atom. The number of rotatable bonds is 6. The summed E-state index contributed by atoms with van der Waals surface area (Å²) >= 11 is 2.20. The van der Waals surface area contributed by atoms with Gasteiger partial charge in [-0.1, -0.05) is 22.6 Å². The summed E-state index contributed by atoms with van der Waals surface area (Å²) in [5, 5.41) is 3.08. The summed E-state index contributed by atoms with van der Waals surface area (Å²) in [5.41, 5.74) is 5.43. The summed E-state index contributed by atoms with van der Waals surface area (Å²) in [7, 11) is 1.62. The van der Waals surface area contributed by atoms with Crippen LogP contribution in [-0.4, -0.2) is 37.2 Å². The second kappa shape index (κ2) is 6.96. The molecule has 0 fully saturated rings. The minimum absolute atomic E-state index is 0.0604. The van der Waals surface area contributed by atoms with Crippen LogP contribution in [0.4, 0.5) is 0 Å². The molecule has 0 radical (unpaired) electrons. The molecule has 0 bridgehead atoms. The highest BCUT2D eigenvalue weighted by Gasteiger charge is 2.16. The lowest BCUT2D eigenvalue weighted by molar-refractivity contribution is 0.0615. The maximum Gasteiger partial charge on any atom is 0.132 e. The van der Waals surface area contributed by atoms with E-state index in [-0.39, 0.29) is 12.3 Å². The van der Waals surface area contributed by atoms with Crippen LogP contribution < -0.4 is 11.1 Å². The van der Waals surface area contributed by atoms with Gasteiger partial charge in [-0.15, -0.1) is 0 Å². The molecule has 0 rings (SSSR count). The first-order chi connectivity index (χ1) is 5.29. The van der Waals surface area contributed by atoms with Crippen molar-refractivity contribution < 1.29 is 4.74 Å². The Morgan fingerprint density at radius 1 is 1.82 bits per heavy atom. The number of methoxy groups -OCH3 is 1. The molecule has 3 N–H and O–H groups in total. The van der Waals surface area contributed by atoms with Crippen molar-refractivity contribution in [3.63, 3.8) is 0 Å². The fourth-order valence-electron chi connectivity index (χ4n) is 0.746. The van der Waals surface area contributed by atoms with Gasteiger partial charge in [0.2, 0.25) is 0 Å². The molecule has 0 spiro atoms. The maximum absolute atomic E-state index is 5.43. The van der Waals surface area contributed by atoms with Crippen LogP contribution in [-0.2, 0) is 4.74 Å². The molecular formula is C6H14IN3O. The fourth-order valence-corrected chi connectivity index (χ4v) is 1.18. The van der Waals surface area contributed by atoms with E-state index >= 15 is 0 Å². The predicted molar refractivity (Wildman–Crippen MR) is 55.2 cm³/mol. The minimum Gasteiger partial charge on any atom is -0.364 e. The van der Waals surface area contributed by atoms with Crippen molar-refractivity contribution in [3.8, 4) is 0 Å². The normalized spacial score (nSPS) is 15.9. The molecule has 0 aliphatic rings. The van der Waals surface area contributed by atoms with Crippen molar-refractivity contribution >= 4 is 29.3 Å². The summed E-state index contributed by atoms with van der Waals surface area (Å²) in [4.78, 5) is 3.83. The van der Waals surface area contributed by atoms with E-state index in [1.165, 1.54) is 0 Å². The van der Waals surface area contributed by atoms with E-state index in [0.29, 0.717) is 6.54 Å². The van der Waals surface area contributed by atoms with Gasteiger partial charge < -0.3 is 10.5 Å². The molecule has 2 unspecified atom stereocenters. The third kappa shape index (κ3) is 4.00. The van der Waals surface area contributed by atoms with Gasteiger partial charge in [0.1, 0.15) is 12.3 Å². The van der Waals surface area contributed by atoms with Gasteiger partial charge in [0.15, 0.2) is 0 Å². The fraction of sp³-hybridized carbons (Fsp3) is 0.833. The molecule has 0 aromatic rings. The highest BCUT2D eigenvalue weighted by molar-refractivity contribution is 14.1. The number of nitrogens with zero attached hydrogens (tertiary/aromatic N) is 1. The molecule has 0 aromatic heterocycles. The van der Waals surface area contributed by atoms with Gasteiger partial charge in [0, 0.05) is 13.7 Å². The van der Waals surface area contributed by atoms with E-state index in [9.17, 15) is 0 Å². The zero-order chi connectivity index (χ0) is 8.69. The first kappa shape index (κ1) is 11.3. The zero-order valence-electron chi connectivity index (χ0n) is 6.59. The summed E-state index contributed by atoms with van der Waals surface area (Å²) in [5.74, 6) is 0. The van der Waals surface area contributed by atoms with Crippen molar-refractivity contribution in [2.75, 3.05) is 18.2 Å². The molecule has 0 saturated heterocycles. The molecule has 4 nitrogen and oxygen atoms in total. The third-order valence-corrected chi connectivity index (χ3v) is 1.80. The minimum atomic E-state index is -0.116. The van der Waals surface area contributed by atoms with Gasteiger partial charge in [-0.25, -0.2) is 0 Å². The van der Waals surface area contributed by atoms with Crippen LogP contribution in [0.25, 0.3) is 0 Å². The molecular weight excluding hydrogens is 257 g/mol. The summed E-state index contributed by atoms with van der Waals surface area (Å²) in [6.45, 7) is 3.88. The highest BCUT2D eigenvalue weighted by atomic mass is 127. The largest absolute Gasteiger partial charge is 0.364 e. The van der Waals surface area contributed by atoms with E-state index in [4.69, 9.17) is 10.5 Å². The lowest BCUT2D eigenvalue weighted by Crippen LogP contribution is -2.43. The van der Waals surface area contributed by atoms with Crippen LogP contribution in [0.1, 0.15) is 0 Å². The lowest BCUT2D eigenvalue weighted by Gasteiger charge is -2.21. The van der Waals surface area contributed by atoms with Gasteiger partial charge in [-0.05, 0) is 6.72 Å². The topological polar surface area (TPSA) is 59.6 Å². The zero-order valence-corrected chi connectivity index (χ0v) is 8.74. The van der Waals surface area contributed by atoms with E-state index < -0.39 is 0 Å². The van der Waals surface area contributed by atoms with Crippen molar-refractivity contribution in [1.82, 2.24) is 5.32 Å². The third-order valence-electron chi connectivity index (χ3n) is 1.36. The quantitative estimate of drug-likeness (QED) is 0.234. The van der Waals surface area contributed by atoms with E-state index in [1.807, 2.05) is 0 Å². The van der Waals surface area contributed by atoms with Crippen LogP contribution in [0.3, 0.4) is 0 Å². The number of aliphatic imine (C=N–C) groups is 1. The average Bonchev–Trinajstić information content (AvgIpc) is 2.05. The summed E-state index contributed by atoms with van der Waals surface area (Å²) in [6.07, 6.45) is -0.116. The summed E-state index contributed by atoms with van der Waals surface area (Å²) < 4.78 is 5.91. The first-order valence-electron chi connectivity index (χ1n) is 3.28. The van der Waals surface area contributed by atoms with E-state index in [0.717, 1.165) is 4.55 Å². The van der Waals surface area contributed by atoms with Crippen LogP contribution in [0, 0.1) is 0 Å². The van der Waals surface area contributed by atoms with Crippen molar-refractivity contribution in [3.05, 3.63) is 0 Å². The Balaban J connectivity index is 3.86. The number of ether oxygens (including phenoxy) is 1. The Kier molecular flexibility index (Phi) is 7.13. The highest BCUT2D eigenvalue weighted by Crippen LogP contribution is 1.98. The monoisotopic (exact) mass is 271 g/mol. The average molecular weight is 271 g/mol. The molecule has 0 aromatic carbocycles. The first-order valence-corrected chi connectivity index (χ1v) is 4.80. The van der Waals surface area contributed by atoms with Crippen LogP contribution in [0.15, 0.2) is 4.99 Å². The molecule has 11 heavy (non-hydrogen) atoms. The van der Waals surface area contributed by atoms with E-state index in [1.54, 1.807) is 7.11 Å². The maximum atomic E-state index is 5.43. The van der Waals surface area contributed by atoms with Crippen molar-refractivity contribution in [2.45, 2.75) is 12.3 Å². The number of halogens is 1. The Labute approximate surface area is 80.7 Å².